The Kier molecular flexibility index (Phi) is 6.39. The van der Waals surface area contributed by atoms with Gasteiger partial charge in [-0.25, -0.2) is 0 Å². The molecule has 7 nitrogen and oxygen atoms in total. The van der Waals surface area contributed by atoms with E-state index in [0.29, 0.717) is 6.54 Å². The van der Waals surface area contributed by atoms with E-state index in [2.05, 4.69) is 5.32 Å². The average Bonchev–Trinajstić information content (AvgIpc) is 2.56. The number of ether oxygens (including phenoxy) is 1. The summed E-state index contributed by atoms with van der Waals surface area (Å²) in [7, 11) is 0. The molecule has 0 spiro atoms. The third kappa shape index (κ3) is 4.58. The van der Waals surface area contributed by atoms with Crippen molar-refractivity contribution in [3.63, 3.8) is 0 Å². The van der Waals surface area contributed by atoms with Crippen LogP contribution in [-0.4, -0.2) is 29.5 Å². The quantitative estimate of drug-likeness (QED) is 0.602. The minimum Gasteiger partial charge on any atom is -0.474 e. The fraction of sp³-hybridized carbons (Fsp3) is 0.562. The molecule has 0 saturated heterocycles. The number of benzene rings is 1. The molecule has 8 heteroatoms. The number of halogens is 1. The molecule has 132 valence electrons. The zero-order valence-electron chi connectivity index (χ0n) is 13.5. The van der Waals surface area contributed by atoms with Crippen LogP contribution in [0.25, 0.3) is 0 Å². The van der Waals surface area contributed by atoms with Gasteiger partial charge in [-0.15, -0.1) is 0 Å². The van der Waals surface area contributed by atoms with Gasteiger partial charge in [-0.2, -0.15) is 0 Å². The number of nitrogens with zero attached hydrogens (tertiary/aromatic N) is 1. The van der Waals surface area contributed by atoms with Crippen LogP contribution in [0.5, 0.6) is 5.75 Å². The van der Waals surface area contributed by atoms with E-state index in [-0.39, 0.29) is 34.3 Å². The van der Waals surface area contributed by atoms with Gasteiger partial charge in [0.25, 0.3) is 5.91 Å². The van der Waals surface area contributed by atoms with E-state index in [1.807, 2.05) is 0 Å². The van der Waals surface area contributed by atoms with Crippen molar-refractivity contribution >= 4 is 23.2 Å². The fourth-order valence-electron chi connectivity index (χ4n) is 2.96. The Labute approximate surface area is 145 Å². The molecule has 1 aliphatic carbocycles. The van der Waals surface area contributed by atoms with Crippen LogP contribution < -0.4 is 15.8 Å². The van der Waals surface area contributed by atoms with Gasteiger partial charge < -0.3 is 15.8 Å². The first-order valence-corrected chi connectivity index (χ1v) is 8.41. The Hall–Kier alpha value is -1.86. The van der Waals surface area contributed by atoms with Gasteiger partial charge in [0.05, 0.1) is 4.92 Å². The van der Waals surface area contributed by atoms with E-state index >= 15 is 0 Å². The van der Waals surface area contributed by atoms with E-state index in [4.69, 9.17) is 22.1 Å². The van der Waals surface area contributed by atoms with Crippen LogP contribution in [0.1, 0.15) is 32.6 Å². The maximum Gasteiger partial charge on any atom is 0.312 e. The van der Waals surface area contributed by atoms with Crippen molar-refractivity contribution in [2.24, 2.45) is 11.7 Å². The molecule has 2 rings (SSSR count). The van der Waals surface area contributed by atoms with Crippen molar-refractivity contribution in [2.75, 3.05) is 6.54 Å². The van der Waals surface area contributed by atoms with Gasteiger partial charge in [0.2, 0.25) is 0 Å². The predicted octanol–water partition coefficient (Wildman–Crippen LogP) is 2.65. The summed E-state index contributed by atoms with van der Waals surface area (Å²) in [5.74, 6) is -0.0181. The molecule has 0 aromatic heterocycles. The van der Waals surface area contributed by atoms with Crippen LogP contribution in [0, 0.1) is 16.0 Å². The minimum absolute atomic E-state index is 0.0195. The molecule has 1 aromatic carbocycles. The first-order valence-electron chi connectivity index (χ1n) is 8.03. The molecular formula is C16H22ClN3O4. The number of nitrogens with two attached hydrogens (primary N) is 1. The maximum absolute atomic E-state index is 12.4. The molecule has 1 aromatic rings. The molecule has 1 amide bonds. The number of carbonyl (C=O) groups is 1. The second-order valence-corrected chi connectivity index (χ2v) is 6.46. The number of nitrogens with one attached hydrogen (secondary N) is 1. The highest BCUT2D eigenvalue weighted by atomic mass is 35.5. The molecule has 24 heavy (non-hydrogen) atoms. The SMILES string of the molecule is CC(Oc1ccc(Cl)cc1[N+](=O)[O-])C(=O)NC1CCCCC1CN. The van der Waals surface area contributed by atoms with Crippen LogP contribution >= 0.6 is 11.6 Å². The summed E-state index contributed by atoms with van der Waals surface area (Å²) in [6, 6.07) is 4.11. The highest BCUT2D eigenvalue weighted by Gasteiger charge is 2.28. The Morgan fingerprint density at radius 3 is 2.88 bits per heavy atom. The Morgan fingerprint density at radius 2 is 2.21 bits per heavy atom. The summed E-state index contributed by atoms with van der Waals surface area (Å²) >= 11 is 5.77. The van der Waals surface area contributed by atoms with E-state index in [1.165, 1.54) is 18.2 Å². The number of hydrogen-bond acceptors (Lipinski definition) is 5. The lowest BCUT2D eigenvalue weighted by Crippen LogP contribution is -2.48. The van der Waals surface area contributed by atoms with Gasteiger partial charge in [0, 0.05) is 17.1 Å². The van der Waals surface area contributed by atoms with Crippen molar-refractivity contribution in [1.82, 2.24) is 5.32 Å². The predicted molar refractivity (Wildman–Crippen MR) is 91.1 cm³/mol. The molecule has 0 heterocycles. The number of nitro groups is 1. The van der Waals surface area contributed by atoms with Gasteiger partial charge in [-0.1, -0.05) is 24.4 Å². The van der Waals surface area contributed by atoms with Gasteiger partial charge in [-0.3, -0.25) is 14.9 Å². The lowest BCUT2D eigenvalue weighted by Gasteiger charge is -2.32. The summed E-state index contributed by atoms with van der Waals surface area (Å²) in [6.45, 7) is 2.09. The summed E-state index contributed by atoms with van der Waals surface area (Å²) in [6.07, 6.45) is 3.21. The topological polar surface area (TPSA) is 107 Å². The van der Waals surface area contributed by atoms with Crippen LogP contribution in [0.15, 0.2) is 18.2 Å². The molecule has 0 radical (unpaired) electrons. The minimum atomic E-state index is -0.856. The zero-order chi connectivity index (χ0) is 17.7. The van der Waals surface area contributed by atoms with Gasteiger partial charge in [0.15, 0.2) is 11.9 Å². The largest absolute Gasteiger partial charge is 0.474 e. The number of amides is 1. The number of hydrogen-bond donors (Lipinski definition) is 2. The highest BCUT2D eigenvalue weighted by Crippen LogP contribution is 2.31. The third-order valence-electron chi connectivity index (χ3n) is 4.33. The summed E-state index contributed by atoms with van der Waals surface area (Å²) in [5, 5.41) is 14.3. The summed E-state index contributed by atoms with van der Waals surface area (Å²) < 4.78 is 5.49. The maximum atomic E-state index is 12.4. The number of nitro benzene ring substituents is 1. The lowest BCUT2D eigenvalue weighted by atomic mass is 9.84. The lowest BCUT2D eigenvalue weighted by molar-refractivity contribution is -0.386. The normalized spacial score (nSPS) is 21.8. The second kappa shape index (κ2) is 8.30. The van der Waals surface area contributed by atoms with Crippen LogP contribution in [-0.2, 0) is 4.79 Å². The molecule has 1 aliphatic rings. The van der Waals surface area contributed by atoms with E-state index < -0.39 is 11.0 Å². The summed E-state index contributed by atoms with van der Waals surface area (Å²) in [4.78, 5) is 22.8. The Balaban J connectivity index is 2.02. The zero-order valence-corrected chi connectivity index (χ0v) is 14.3. The Morgan fingerprint density at radius 1 is 1.50 bits per heavy atom. The molecule has 3 N–H and O–H groups in total. The van der Waals surface area contributed by atoms with E-state index in [9.17, 15) is 14.9 Å². The van der Waals surface area contributed by atoms with Crippen molar-refractivity contribution in [3.05, 3.63) is 33.3 Å². The van der Waals surface area contributed by atoms with Crippen molar-refractivity contribution in [1.29, 1.82) is 0 Å². The Bertz CT molecular complexity index is 611. The van der Waals surface area contributed by atoms with Crippen LogP contribution in [0.4, 0.5) is 5.69 Å². The van der Waals surface area contributed by atoms with Crippen LogP contribution in [0.3, 0.4) is 0 Å². The molecule has 0 aliphatic heterocycles. The van der Waals surface area contributed by atoms with Gasteiger partial charge in [0.1, 0.15) is 0 Å². The van der Waals surface area contributed by atoms with Crippen molar-refractivity contribution in [2.45, 2.75) is 44.8 Å². The van der Waals surface area contributed by atoms with E-state index in [1.54, 1.807) is 6.92 Å². The molecule has 3 unspecified atom stereocenters. The molecule has 3 atom stereocenters. The molecule has 1 saturated carbocycles. The molecular weight excluding hydrogens is 334 g/mol. The molecule has 0 bridgehead atoms. The van der Waals surface area contributed by atoms with Crippen molar-refractivity contribution < 1.29 is 14.5 Å². The fourth-order valence-corrected chi connectivity index (χ4v) is 3.12. The van der Waals surface area contributed by atoms with Gasteiger partial charge in [-0.05, 0) is 44.4 Å². The van der Waals surface area contributed by atoms with E-state index in [0.717, 1.165) is 25.7 Å². The monoisotopic (exact) mass is 355 g/mol. The molecule has 1 fully saturated rings. The smallest absolute Gasteiger partial charge is 0.312 e. The average molecular weight is 356 g/mol. The standard InChI is InChI=1S/C16H22ClN3O4/c1-10(16(21)19-13-5-3-2-4-11(13)9-18)24-15-7-6-12(17)8-14(15)20(22)23/h6-8,10-11,13H,2-5,9,18H2,1H3,(H,19,21). The van der Waals surface area contributed by atoms with Gasteiger partial charge >= 0.3 is 5.69 Å². The highest BCUT2D eigenvalue weighted by molar-refractivity contribution is 6.30. The number of carbonyl (C=O) groups excluding carboxylic acids is 1. The summed E-state index contributed by atoms with van der Waals surface area (Å²) in [5.41, 5.74) is 5.50. The third-order valence-corrected chi connectivity index (χ3v) is 4.57. The first kappa shape index (κ1) is 18.5. The van der Waals surface area contributed by atoms with Crippen LogP contribution in [0.2, 0.25) is 5.02 Å². The first-order chi connectivity index (χ1) is 11.4. The van der Waals surface area contributed by atoms with Crippen molar-refractivity contribution in [3.8, 4) is 5.75 Å². The second-order valence-electron chi connectivity index (χ2n) is 6.02. The number of rotatable bonds is 6.